The molecule has 3 nitrogen and oxygen atoms in total. The van der Waals surface area contributed by atoms with Gasteiger partial charge in [0.2, 0.25) is 5.91 Å². The fourth-order valence-corrected chi connectivity index (χ4v) is 2.75. The first-order chi connectivity index (χ1) is 9.74. The van der Waals surface area contributed by atoms with Crippen molar-refractivity contribution in [1.29, 1.82) is 0 Å². The smallest absolute Gasteiger partial charge is 0.227 e. The highest BCUT2D eigenvalue weighted by molar-refractivity contribution is 5.79. The molecule has 1 aromatic rings. The summed E-state index contributed by atoms with van der Waals surface area (Å²) in [4.78, 5) is 14.4. The number of benzene rings is 1. The molecule has 0 bridgehead atoms. The van der Waals surface area contributed by atoms with Crippen LogP contribution in [0.1, 0.15) is 24.8 Å². The first-order valence-electron chi connectivity index (χ1n) is 7.34. The summed E-state index contributed by atoms with van der Waals surface area (Å²) in [5.41, 5.74) is 0.492. The maximum Gasteiger partial charge on any atom is 0.227 e. The van der Waals surface area contributed by atoms with E-state index in [1.807, 2.05) is 4.90 Å². The van der Waals surface area contributed by atoms with Crippen LogP contribution in [0.5, 0.6) is 0 Å². The van der Waals surface area contributed by atoms with Crippen LogP contribution in [-0.2, 0) is 16.0 Å². The van der Waals surface area contributed by atoms with Gasteiger partial charge in [-0.1, -0.05) is 18.2 Å². The Labute approximate surface area is 118 Å². The standard InChI is InChI=1S/C16H20FNO2/c17-15-4-2-1-3-13(15)9-16(19)18(14-5-6-14)10-12-7-8-20-11-12/h1-4,12,14H,5-11H2. The van der Waals surface area contributed by atoms with Crippen LogP contribution in [-0.4, -0.2) is 36.6 Å². The van der Waals surface area contributed by atoms with Gasteiger partial charge >= 0.3 is 0 Å². The normalized spacial score (nSPS) is 21.9. The zero-order valence-electron chi connectivity index (χ0n) is 11.6. The molecule has 4 heteroatoms. The monoisotopic (exact) mass is 277 g/mol. The number of ether oxygens (including phenoxy) is 1. The van der Waals surface area contributed by atoms with Gasteiger partial charge in [-0.15, -0.1) is 0 Å². The Morgan fingerprint density at radius 3 is 2.75 bits per heavy atom. The second-order valence-corrected chi connectivity index (χ2v) is 5.78. The van der Waals surface area contributed by atoms with Crippen LogP contribution in [0.15, 0.2) is 24.3 Å². The lowest BCUT2D eigenvalue weighted by Gasteiger charge is -2.25. The third kappa shape index (κ3) is 3.18. The topological polar surface area (TPSA) is 29.5 Å². The van der Waals surface area contributed by atoms with Crippen molar-refractivity contribution in [3.63, 3.8) is 0 Å². The molecule has 20 heavy (non-hydrogen) atoms. The van der Waals surface area contributed by atoms with E-state index in [1.165, 1.54) is 6.07 Å². The Bertz CT molecular complexity index is 481. The Balaban J connectivity index is 1.64. The van der Waals surface area contributed by atoms with Gasteiger partial charge in [0, 0.05) is 25.1 Å². The third-order valence-corrected chi connectivity index (χ3v) is 4.09. The summed E-state index contributed by atoms with van der Waals surface area (Å²) >= 11 is 0. The predicted octanol–water partition coefficient (Wildman–Crippen LogP) is 2.40. The van der Waals surface area contributed by atoms with Gasteiger partial charge in [-0.05, 0) is 30.9 Å². The fraction of sp³-hybridized carbons (Fsp3) is 0.562. The lowest BCUT2D eigenvalue weighted by Crippen LogP contribution is -2.38. The Morgan fingerprint density at radius 1 is 1.30 bits per heavy atom. The van der Waals surface area contributed by atoms with Gasteiger partial charge < -0.3 is 9.64 Å². The predicted molar refractivity (Wildman–Crippen MR) is 73.8 cm³/mol. The van der Waals surface area contributed by atoms with Crippen molar-refractivity contribution < 1.29 is 13.9 Å². The summed E-state index contributed by atoms with van der Waals surface area (Å²) in [7, 11) is 0. The van der Waals surface area contributed by atoms with E-state index < -0.39 is 0 Å². The number of hydrogen-bond donors (Lipinski definition) is 0. The van der Waals surface area contributed by atoms with E-state index in [0.717, 1.165) is 39.0 Å². The number of nitrogens with zero attached hydrogens (tertiary/aromatic N) is 1. The van der Waals surface area contributed by atoms with Crippen molar-refractivity contribution in [1.82, 2.24) is 4.90 Å². The second kappa shape index (κ2) is 5.92. The molecule has 0 spiro atoms. The summed E-state index contributed by atoms with van der Waals surface area (Å²) in [5.74, 6) is 0.200. The van der Waals surface area contributed by atoms with E-state index in [1.54, 1.807) is 18.2 Å². The maximum absolute atomic E-state index is 13.6. The number of carbonyl (C=O) groups excluding carboxylic acids is 1. The van der Waals surface area contributed by atoms with Crippen molar-refractivity contribution in [2.45, 2.75) is 31.7 Å². The molecule has 1 unspecified atom stereocenters. The fourth-order valence-electron chi connectivity index (χ4n) is 2.75. The molecule has 1 aromatic carbocycles. The molecule has 2 aliphatic rings. The second-order valence-electron chi connectivity index (χ2n) is 5.78. The largest absolute Gasteiger partial charge is 0.381 e. The summed E-state index contributed by atoms with van der Waals surface area (Å²) in [6.07, 6.45) is 3.35. The molecule has 1 amide bonds. The number of rotatable bonds is 5. The van der Waals surface area contributed by atoms with Crippen LogP contribution < -0.4 is 0 Å². The quantitative estimate of drug-likeness (QED) is 0.827. The molecule has 1 atom stereocenters. The Morgan fingerprint density at radius 2 is 2.10 bits per heavy atom. The van der Waals surface area contributed by atoms with E-state index >= 15 is 0 Å². The van der Waals surface area contributed by atoms with Crippen LogP contribution in [0.4, 0.5) is 4.39 Å². The van der Waals surface area contributed by atoms with Crippen LogP contribution >= 0.6 is 0 Å². The van der Waals surface area contributed by atoms with E-state index in [9.17, 15) is 9.18 Å². The molecule has 1 saturated carbocycles. The summed E-state index contributed by atoms with van der Waals surface area (Å²) < 4.78 is 19.0. The molecule has 1 aliphatic heterocycles. The van der Waals surface area contributed by atoms with Crippen LogP contribution in [0.3, 0.4) is 0 Å². The highest BCUT2D eigenvalue weighted by atomic mass is 19.1. The summed E-state index contributed by atoms with van der Waals surface area (Å²) in [6, 6.07) is 6.90. The van der Waals surface area contributed by atoms with Gasteiger partial charge in [-0.2, -0.15) is 0 Å². The molecular weight excluding hydrogens is 257 g/mol. The van der Waals surface area contributed by atoms with E-state index in [-0.39, 0.29) is 18.1 Å². The highest BCUT2D eigenvalue weighted by Crippen LogP contribution is 2.29. The number of amides is 1. The van der Waals surface area contributed by atoms with E-state index in [0.29, 0.717) is 17.5 Å². The van der Waals surface area contributed by atoms with Crippen molar-refractivity contribution in [2.75, 3.05) is 19.8 Å². The molecule has 0 aromatic heterocycles. The Hall–Kier alpha value is -1.42. The Kier molecular flexibility index (Phi) is 4.01. The SMILES string of the molecule is O=C(Cc1ccccc1F)N(CC1CCOC1)C1CC1. The number of hydrogen-bond acceptors (Lipinski definition) is 2. The molecule has 0 N–H and O–H groups in total. The molecule has 0 radical (unpaired) electrons. The molecule has 1 heterocycles. The summed E-state index contributed by atoms with van der Waals surface area (Å²) in [6.45, 7) is 2.30. The minimum Gasteiger partial charge on any atom is -0.381 e. The van der Waals surface area contributed by atoms with Crippen molar-refractivity contribution in [2.24, 2.45) is 5.92 Å². The third-order valence-electron chi connectivity index (χ3n) is 4.09. The van der Waals surface area contributed by atoms with Gasteiger partial charge in [-0.3, -0.25) is 4.79 Å². The zero-order chi connectivity index (χ0) is 13.9. The van der Waals surface area contributed by atoms with Gasteiger partial charge in [0.25, 0.3) is 0 Å². The molecule has 2 fully saturated rings. The maximum atomic E-state index is 13.6. The number of halogens is 1. The zero-order valence-corrected chi connectivity index (χ0v) is 11.6. The average Bonchev–Trinajstić information content (AvgIpc) is 3.15. The number of carbonyl (C=O) groups is 1. The molecular formula is C16H20FNO2. The van der Waals surface area contributed by atoms with Gasteiger partial charge in [-0.25, -0.2) is 4.39 Å². The van der Waals surface area contributed by atoms with Crippen LogP contribution in [0.2, 0.25) is 0 Å². The van der Waals surface area contributed by atoms with Gasteiger partial charge in [0.1, 0.15) is 5.82 Å². The van der Waals surface area contributed by atoms with Crippen molar-refractivity contribution in [3.05, 3.63) is 35.6 Å². The van der Waals surface area contributed by atoms with Crippen molar-refractivity contribution >= 4 is 5.91 Å². The van der Waals surface area contributed by atoms with Crippen LogP contribution in [0, 0.1) is 11.7 Å². The summed E-state index contributed by atoms with van der Waals surface area (Å²) in [5, 5.41) is 0. The molecule has 3 rings (SSSR count). The average molecular weight is 277 g/mol. The first kappa shape index (κ1) is 13.6. The van der Waals surface area contributed by atoms with Crippen LogP contribution in [0.25, 0.3) is 0 Å². The highest BCUT2D eigenvalue weighted by Gasteiger charge is 2.34. The van der Waals surface area contributed by atoms with E-state index in [2.05, 4.69) is 0 Å². The van der Waals surface area contributed by atoms with Gasteiger partial charge in [0.15, 0.2) is 0 Å². The minimum atomic E-state index is -0.291. The first-order valence-corrected chi connectivity index (χ1v) is 7.34. The molecule has 1 aliphatic carbocycles. The lowest BCUT2D eigenvalue weighted by molar-refractivity contribution is -0.131. The van der Waals surface area contributed by atoms with Gasteiger partial charge in [0.05, 0.1) is 13.0 Å². The molecule has 1 saturated heterocycles. The minimum absolute atomic E-state index is 0.0458. The lowest BCUT2D eigenvalue weighted by atomic mass is 10.1. The molecule has 108 valence electrons. The van der Waals surface area contributed by atoms with E-state index in [4.69, 9.17) is 4.74 Å². The van der Waals surface area contributed by atoms with Crippen molar-refractivity contribution in [3.8, 4) is 0 Å².